The van der Waals surface area contributed by atoms with Crippen molar-refractivity contribution in [2.24, 2.45) is 17.8 Å². The minimum atomic E-state index is -0.674. The number of hydrogen-bond acceptors (Lipinski definition) is 4. The Morgan fingerprint density at radius 1 is 1.21 bits per heavy atom. The van der Waals surface area contributed by atoms with Crippen LogP contribution in [-0.4, -0.2) is 22.5 Å². The van der Waals surface area contributed by atoms with E-state index in [1.165, 1.54) is 0 Å². The molecule has 3 aliphatic carbocycles. The summed E-state index contributed by atoms with van der Waals surface area (Å²) in [6, 6.07) is 13.1. The predicted molar refractivity (Wildman–Crippen MR) is 102 cm³/mol. The predicted octanol–water partition coefficient (Wildman–Crippen LogP) is 2.65. The van der Waals surface area contributed by atoms with Crippen molar-refractivity contribution < 1.29 is 14.3 Å². The van der Waals surface area contributed by atoms with E-state index in [0.29, 0.717) is 24.3 Å². The summed E-state index contributed by atoms with van der Waals surface area (Å²) >= 11 is 0. The zero-order valence-electron chi connectivity index (χ0n) is 15.6. The molecule has 4 atom stereocenters. The van der Waals surface area contributed by atoms with Gasteiger partial charge in [-0.1, -0.05) is 18.2 Å². The summed E-state index contributed by atoms with van der Waals surface area (Å²) in [7, 11) is 0. The maximum Gasteiger partial charge on any atom is 0.258 e. The molecule has 3 fully saturated rings. The molecular weight excluding hydrogens is 354 g/mol. The molecule has 1 aliphatic heterocycles. The van der Waals surface area contributed by atoms with Crippen LogP contribution >= 0.6 is 0 Å². The number of nitrogens with one attached hydrogen (secondary N) is 2. The molecule has 2 aromatic rings. The van der Waals surface area contributed by atoms with Gasteiger partial charge in [-0.2, -0.15) is 0 Å². The van der Waals surface area contributed by atoms with Crippen molar-refractivity contribution >= 4 is 11.8 Å². The summed E-state index contributed by atoms with van der Waals surface area (Å²) in [5.74, 6) is 0.962. The molecule has 2 bridgehead atoms. The van der Waals surface area contributed by atoms with Gasteiger partial charge in [0.15, 0.2) is 5.72 Å². The number of nitrogens with zero attached hydrogens (tertiary/aromatic N) is 1. The smallest absolute Gasteiger partial charge is 0.258 e. The lowest BCUT2D eigenvalue weighted by Gasteiger charge is -2.55. The third-order valence-electron chi connectivity index (χ3n) is 6.47. The first-order valence-electron chi connectivity index (χ1n) is 9.93. The summed E-state index contributed by atoms with van der Waals surface area (Å²) < 4.78 is 6.35. The molecule has 3 saturated carbocycles. The van der Waals surface area contributed by atoms with Crippen LogP contribution in [0.25, 0.3) is 0 Å². The van der Waals surface area contributed by atoms with Gasteiger partial charge in [0.2, 0.25) is 5.91 Å². The molecule has 6 heteroatoms. The van der Waals surface area contributed by atoms with Gasteiger partial charge < -0.3 is 15.4 Å². The van der Waals surface area contributed by atoms with E-state index >= 15 is 0 Å². The van der Waals surface area contributed by atoms with Crippen LogP contribution in [0.5, 0.6) is 5.75 Å². The first-order chi connectivity index (χ1) is 13.6. The summed E-state index contributed by atoms with van der Waals surface area (Å²) in [5.41, 5.74) is 0.763. The molecule has 2 heterocycles. The Morgan fingerprint density at radius 3 is 2.86 bits per heavy atom. The van der Waals surface area contributed by atoms with Crippen molar-refractivity contribution in [2.45, 2.75) is 38.0 Å². The number of hydrogen-bond donors (Lipinski definition) is 2. The van der Waals surface area contributed by atoms with Crippen LogP contribution in [0.2, 0.25) is 0 Å². The number of benzene rings is 1. The lowest BCUT2D eigenvalue weighted by atomic mass is 9.60. The Bertz CT molecular complexity index is 916. The first kappa shape index (κ1) is 17.2. The minimum absolute atomic E-state index is 0.0363. The Kier molecular flexibility index (Phi) is 4.07. The number of carbonyl (C=O) groups excluding carboxylic acids is 2. The number of carbonyl (C=O) groups is 2. The second-order valence-corrected chi connectivity index (χ2v) is 8.06. The van der Waals surface area contributed by atoms with Crippen LogP contribution in [0.15, 0.2) is 48.7 Å². The standard InChI is InChI=1S/C22H23N3O3/c26-20(24-13-16-5-3-4-10-23-16)18-11-15-9-8-14(18)12-22(15)25-21(27)17-6-1-2-7-19(17)28-22/h1-7,10,14-15,18H,8-9,11-13H2,(H,24,26)(H,25,27). The second kappa shape index (κ2) is 6.62. The number of pyridine rings is 1. The average Bonchev–Trinajstić information content (AvgIpc) is 2.73. The van der Waals surface area contributed by atoms with E-state index in [1.54, 1.807) is 12.3 Å². The van der Waals surface area contributed by atoms with E-state index in [4.69, 9.17) is 4.74 Å². The molecule has 0 saturated heterocycles. The number of aromatic nitrogens is 1. The molecule has 28 heavy (non-hydrogen) atoms. The number of para-hydroxylation sites is 1. The Morgan fingerprint density at radius 2 is 2.07 bits per heavy atom. The van der Waals surface area contributed by atoms with Crippen molar-refractivity contribution in [3.05, 3.63) is 59.9 Å². The highest BCUT2D eigenvalue weighted by Gasteiger charge is 2.57. The van der Waals surface area contributed by atoms with Gasteiger partial charge in [0.05, 0.1) is 17.8 Å². The lowest BCUT2D eigenvalue weighted by molar-refractivity contribution is -0.146. The second-order valence-electron chi connectivity index (χ2n) is 8.06. The largest absolute Gasteiger partial charge is 0.467 e. The van der Waals surface area contributed by atoms with Crippen molar-refractivity contribution in [3.63, 3.8) is 0 Å². The third-order valence-corrected chi connectivity index (χ3v) is 6.47. The fourth-order valence-electron chi connectivity index (χ4n) is 5.09. The van der Waals surface area contributed by atoms with Crippen LogP contribution in [0.1, 0.15) is 41.7 Å². The van der Waals surface area contributed by atoms with Crippen LogP contribution < -0.4 is 15.4 Å². The van der Waals surface area contributed by atoms with Gasteiger partial charge in [-0.05, 0) is 49.4 Å². The summed E-state index contributed by atoms with van der Waals surface area (Å²) in [6.07, 6.45) is 5.11. The Hall–Kier alpha value is -2.89. The molecule has 4 unspecified atom stereocenters. The van der Waals surface area contributed by atoms with E-state index < -0.39 is 5.72 Å². The maximum atomic E-state index is 12.8. The van der Waals surface area contributed by atoms with E-state index in [2.05, 4.69) is 15.6 Å². The van der Waals surface area contributed by atoms with Crippen LogP contribution in [0.3, 0.4) is 0 Å². The van der Waals surface area contributed by atoms with Crippen LogP contribution in [-0.2, 0) is 11.3 Å². The van der Waals surface area contributed by atoms with Gasteiger partial charge in [-0.3, -0.25) is 14.6 Å². The molecule has 6 nitrogen and oxygen atoms in total. The first-order valence-corrected chi connectivity index (χ1v) is 9.93. The van der Waals surface area contributed by atoms with E-state index in [0.717, 1.165) is 25.0 Å². The van der Waals surface area contributed by atoms with Crippen LogP contribution in [0, 0.1) is 17.8 Å². The van der Waals surface area contributed by atoms with Gasteiger partial charge in [-0.15, -0.1) is 0 Å². The van der Waals surface area contributed by atoms with Crippen LogP contribution in [0.4, 0.5) is 0 Å². The minimum Gasteiger partial charge on any atom is -0.467 e. The fraction of sp³-hybridized carbons (Fsp3) is 0.409. The molecule has 1 aromatic heterocycles. The molecule has 0 radical (unpaired) electrons. The molecule has 2 N–H and O–H groups in total. The van der Waals surface area contributed by atoms with E-state index in [1.807, 2.05) is 36.4 Å². The van der Waals surface area contributed by atoms with E-state index in [-0.39, 0.29) is 29.6 Å². The van der Waals surface area contributed by atoms with Crippen molar-refractivity contribution in [2.75, 3.05) is 0 Å². The topological polar surface area (TPSA) is 80.3 Å². The quantitative estimate of drug-likeness (QED) is 0.862. The van der Waals surface area contributed by atoms with Gasteiger partial charge in [0.1, 0.15) is 5.75 Å². The summed E-state index contributed by atoms with van der Waals surface area (Å²) in [4.78, 5) is 29.7. The lowest BCUT2D eigenvalue weighted by Crippen LogP contribution is -2.66. The van der Waals surface area contributed by atoms with Gasteiger partial charge in [0.25, 0.3) is 5.91 Å². The molecule has 4 aliphatic rings. The molecule has 144 valence electrons. The molecule has 6 rings (SSSR count). The third kappa shape index (κ3) is 2.84. The number of amides is 2. The van der Waals surface area contributed by atoms with Gasteiger partial charge in [-0.25, -0.2) is 0 Å². The maximum absolute atomic E-state index is 12.8. The molecule has 1 spiro atoms. The highest BCUT2D eigenvalue weighted by molar-refractivity contribution is 5.98. The monoisotopic (exact) mass is 377 g/mol. The fourth-order valence-corrected chi connectivity index (χ4v) is 5.09. The van der Waals surface area contributed by atoms with E-state index in [9.17, 15) is 9.59 Å². The number of fused-ring (bicyclic) bond motifs is 3. The SMILES string of the molecule is O=C1NC2(CC3CCC2CC3C(=O)NCc2ccccn2)Oc2ccccc21. The number of ether oxygens (including phenoxy) is 1. The average molecular weight is 377 g/mol. The molecule has 1 aromatic carbocycles. The normalized spacial score (nSPS) is 30.3. The summed E-state index contributed by atoms with van der Waals surface area (Å²) in [6.45, 7) is 0.444. The van der Waals surface area contributed by atoms with Crippen molar-refractivity contribution in [3.8, 4) is 5.75 Å². The Labute approximate surface area is 163 Å². The number of rotatable bonds is 3. The van der Waals surface area contributed by atoms with Crippen molar-refractivity contribution in [1.82, 2.24) is 15.6 Å². The molecule has 2 amide bonds. The van der Waals surface area contributed by atoms with Gasteiger partial charge >= 0.3 is 0 Å². The highest BCUT2D eigenvalue weighted by atomic mass is 16.5. The Balaban J connectivity index is 1.30. The zero-order chi connectivity index (χ0) is 19.1. The zero-order valence-corrected chi connectivity index (χ0v) is 15.6. The van der Waals surface area contributed by atoms with Crippen molar-refractivity contribution in [1.29, 1.82) is 0 Å². The van der Waals surface area contributed by atoms with Gasteiger partial charge in [0, 0.05) is 24.5 Å². The highest BCUT2D eigenvalue weighted by Crippen LogP contribution is 2.52. The summed E-state index contributed by atoms with van der Waals surface area (Å²) in [5, 5.41) is 6.17. The molecular formula is C22H23N3O3.